The third-order valence-corrected chi connectivity index (χ3v) is 2.87. The van der Waals surface area contributed by atoms with Crippen LogP contribution in [0.5, 0.6) is 0 Å². The highest BCUT2D eigenvalue weighted by Crippen LogP contribution is 2.36. The topological polar surface area (TPSA) is 18.5 Å². The van der Waals surface area contributed by atoms with E-state index < -0.39 is 29.8 Å². The Labute approximate surface area is 142 Å². The van der Waals surface area contributed by atoms with Crippen molar-refractivity contribution in [2.24, 2.45) is 0 Å². The summed E-state index contributed by atoms with van der Waals surface area (Å²) in [5.41, 5.74) is -2.98. The minimum atomic E-state index is -4.88. The lowest BCUT2D eigenvalue weighted by atomic mass is 10.0. The minimum Gasteiger partial charge on any atom is -0.346 e. The third-order valence-electron chi connectivity index (χ3n) is 2.87. The molecule has 25 heavy (non-hydrogen) atoms. The van der Waals surface area contributed by atoms with E-state index >= 15 is 0 Å². The van der Waals surface area contributed by atoms with E-state index in [9.17, 15) is 26.3 Å². The lowest BCUT2D eigenvalue weighted by molar-refractivity contribution is -0.152. The fourth-order valence-corrected chi connectivity index (χ4v) is 1.92. The van der Waals surface area contributed by atoms with Gasteiger partial charge in [-0.1, -0.05) is 6.08 Å². The van der Waals surface area contributed by atoms with Crippen molar-refractivity contribution in [1.29, 1.82) is 0 Å². The molecule has 1 aromatic carbocycles. The van der Waals surface area contributed by atoms with Crippen LogP contribution in [0.25, 0.3) is 6.08 Å². The summed E-state index contributed by atoms with van der Waals surface area (Å²) in [4.78, 5) is 0. The molecule has 0 aliphatic rings. The largest absolute Gasteiger partial charge is 0.416 e. The fourth-order valence-electron chi connectivity index (χ4n) is 1.92. The molecule has 0 N–H and O–H groups in total. The second-order valence-electron chi connectivity index (χ2n) is 5.94. The van der Waals surface area contributed by atoms with Gasteiger partial charge in [0.25, 0.3) is 0 Å². The molecule has 2 nitrogen and oxygen atoms in total. The molecule has 142 valence electrons. The van der Waals surface area contributed by atoms with Crippen LogP contribution in [0.15, 0.2) is 24.3 Å². The molecular formula is C17H20F6O2. The van der Waals surface area contributed by atoms with Gasteiger partial charge >= 0.3 is 12.4 Å². The van der Waals surface area contributed by atoms with Crippen molar-refractivity contribution in [3.63, 3.8) is 0 Å². The molecule has 0 aliphatic heterocycles. The predicted octanol–water partition coefficient (Wildman–Crippen LogP) is 5.91. The van der Waals surface area contributed by atoms with Crippen LogP contribution in [0.3, 0.4) is 0 Å². The molecule has 1 aromatic rings. The van der Waals surface area contributed by atoms with Crippen molar-refractivity contribution >= 4 is 6.08 Å². The zero-order chi connectivity index (χ0) is 19.4. The predicted molar refractivity (Wildman–Crippen MR) is 81.7 cm³/mol. The number of rotatable bonds is 6. The smallest absolute Gasteiger partial charge is 0.346 e. The van der Waals surface area contributed by atoms with Gasteiger partial charge in [0.2, 0.25) is 0 Å². The molecule has 0 fully saturated rings. The van der Waals surface area contributed by atoms with Crippen molar-refractivity contribution in [3.05, 3.63) is 41.0 Å². The third kappa shape index (κ3) is 7.48. The first-order chi connectivity index (χ1) is 11.3. The zero-order valence-corrected chi connectivity index (χ0v) is 14.2. The monoisotopic (exact) mass is 370 g/mol. The van der Waals surface area contributed by atoms with Crippen LogP contribution in [-0.2, 0) is 21.8 Å². The van der Waals surface area contributed by atoms with Crippen molar-refractivity contribution in [3.8, 4) is 0 Å². The molecular weight excluding hydrogens is 350 g/mol. The Kier molecular flexibility index (Phi) is 7.08. The number of hydrogen-bond acceptors (Lipinski definition) is 2. The van der Waals surface area contributed by atoms with Crippen LogP contribution in [0.4, 0.5) is 26.3 Å². The molecule has 0 amide bonds. The quantitative estimate of drug-likeness (QED) is 0.458. The molecule has 0 heterocycles. The van der Waals surface area contributed by atoms with E-state index in [0.29, 0.717) is 12.1 Å². The van der Waals surface area contributed by atoms with Crippen molar-refractivity contribution in [2.45, 2.75) is 58.5 Å². The summed E-state index contributed by atoms with van der Waals surface area (Å²) in [7, 11) is 0. The summed E-state index contributed by atoms with van der Waals surface area (Å²) in [5.74, 6) is 0. The molecule has 0 bridgehead atoms. The van der Waals surface area contributed by atoms with Gasteiger partial charge in [0.15, 0.2) is 6.29 Å². The highest BCUT2D eigenvalue weighted by Gasteiger charge is 2.36. The Bertz CT molecular complexity index is 546. The van der Waals surface area contributed by atoms with Crippen LogP contribution >= 0.6 is 0 Å². The van der Waals surface area contributed by atoms with Gasteiger partial charge in [-0.15, -0.1) is 0 Å². The second-order valence-corrected chi connectivity index (χ2v) is 5.94. The molecule has 0 saturated heterocycles. The zero-order valence-electron chi connectivity index (χ0n) is 14.2. The summed E-state index contributed by atoms with van der Waals surface area (Å²) < 4.78 is 87.9. The SMILES string of the molecule is CC(C)OC(C=Cc1cc(C(F)(F)F)cc(C(F)(F)F)c1)OC(C)C. The van der Waals surface area contributed by atoms with Crippen molar-refractivity contribution in [2.75, 3.05) is 0 Å². The van der Waals surface area contributed by atoms with E-state index in [1.165, 1.54) is 6.08 Å². The summed E-state index contributed by atoms with van der Waals surface area (Å²) in [6, 6.07) is 1.38. The van der Waals surface area contributed by atoms with Gasteiger partial charge in [-0.2, -0.15) is 26.3 Å². The Morgan fingerprint density at radius 3 is 1.48 bits per heavy atom. The Morgan fingerprint density at radius 2 is 1.16 bits per heavy atom. The standard InChI is InChI=1S/C17H20F6O2/c1-10(2)24-15(25-11(3)4)6-5-12-7-13(16(18,19)20)9-14(8-12)17(21,22)23/h5-11,15H,1-4H3. The average Bonchev–Trinajstić information content (AvgIpc) is 2.41. The average molecular weight is 370 g/mol. The second kappa shape index (κ2) is 8.23. The lowest BCUT2D eigenvalue weighted by Gasteiger charge is -2.20. The molecule has 0 saturated carbocycles. The number of ether oxygens (including phenoxy) is 2. The Hall–Kier alpha value is -1.54. The number of hydrogen-bond donors (Lipinski definition) is 0. The maximum absolute atomic E-state index is 12.8. The normalized spacial score (nSPS) is 13.6. The summed E-state index contributed by atoms with van der Waals surface area (Å²) in [6.07, 6.45) is -8.71. The van der Waals surface area contributed by atoms with Gasteiger partial charge in [-0.05, 0) is 57.5 Å². The lowest BCUT2D eigenvalue weighted by Crippen LogP contribution is -2.22. The molecule has 0 unspecified atom stereocenters. The molecule has 1 rings (SSSR count). The number of benzene rings is 1. The maximum atomic E-state index is 12.8. The summed E-state index contributed by atoms with van der Waals surface area (Å²) in [5, 5.41) is 0. The molecule has 0 aromatic heterocycles. The first-order valence-corrected chi connectivity index (χ1v) is 7.57. The first-order valence-electron chi connectivity index (χ1n) is 7.57. The molecule has 8 heteroatoms. The van der Waals surface area contributed by atoms with Crippen molar-refractivity contribution in [1.82, 2.24) is 0 Å². The van der Waals surface area contributed by atoms with Gasteiger partial charge in [-0.25, -0.2) is 0 Å². The van der Waals surface area contributed by atoms with Crippen molar-refractivity contribution < 1.29 is 35.8 Å². The van der Waals surface area contributed by atoms with E-state index in [-0.39, 0.29) is 23.8 Å². The molecule has 0 radical (unpaired) electrons. The highest BCUT2D eigenvalue weighted by atomic mass is 19.4. The summed E-state index contributed by atoms with van der Waals surface area (Å²) >= 11 is 0. The van der Waals surface area contributed by atoms with E-state index in [1.54, 1.807) is 27.7 Å². The van der Waals surface area contributed by atoms with Gasteiger partial charge in [0.1, 0.15) is 0 Å². The summed E-state index contributed by atoms with van der Waals surface area (Å²) in [6.45, 7) is 6.93. The number of halogens is 6. The van der Waals surface area contributed by atoms with Crippen LogP contribution in [0, 0.1) is 0 Å². The van der Waals surface area contributed by atoms with Crippen LogP contribution in [-0.4, -0.2) is 18.5 Å². The van der Waals surface area contributed by atoms with Gasteiger partial charge in [0, 0.05) is 0 Å². The molecule has 0 spiro atoms. The Balaban J connectivity index is 3.21. The highest BCUT2D eigenvalue weighted by molar-refractivity contribution is 5.53. The van der Waals surface area contributed by atoms with Gasteiger partial charge in [0.05, 0.1) is 23.3 Å². The van der Waals surface area contributed by atoms with Crippen LogP contribution < -0.4 is 0 Å². The van der Waals surface area contributed by atoms with Gasteiger partial charge in [-0.3, -0.25) is 0 Å². The molecule has 0 aliphatic carbocycles. The molecule has 0 atom stereocenters. The Morgan fingerprint density at radius 1 is 0.760 bits per heavy atom. The van der Waals surface area contributed by atoms with E-state index in [4.69, 9.17) is 9.47 Å². The maximum Gasteiger partial charge on any atom is 0.416 e. The van der Waals surface area contributed by atoms with E-state index in [2.05, 4.69) is 0 Å². The van der Waals surface area contributed by atoms with E-state index in [0.717, 1.165) is 6.08 Å². The number of alkyl halides is 6. The first kappa shape index (κ1) is 21.5. The fraction of sp³-hybridized carbons (Fsp3) is 0.529. The van der Waals surface area contributed by atoms with E-state index in [1.807, 2.05) is 0 Å². The minimum absolute atomic E-state index is 0.0874. The van der Waals surface area contributed by atoms with Gasteiger partial charge < -0.3 is 9.47 Å². The van der Waals surface area contributed by atoms with Crippen LogP contribution in [0.2, 0.25) is 0 Å². The van der Waals surface area contributed by atoms with Crippen LogP contribution in [0.1, 0.15) is 44.4 Å².